The number of nitrogens with zero attached hydrogens (tertiary/aromatic N) is 4. The quantitative estimate of drug-likeness (QED) is 0.446. The number of nitrogens with one attached hydrogen (secondary N) is 1. The fourth-order valence-electron chi connectivity index (χ4n) is 2.20. The Hall–Kier alpha value is -3.02. The standard InChI is InChI=1S/C16H15N5O/c1-2-21-14-9-4-3-7-12(14)19-16(21)20-18-11-15(22)13-8-5-6-10-17-13/h3-11H,2H2,1H3,(H,19,20)/b18-11+. The van der Waals surface area contributed by atoms with Crippen molar-refractivity contribution in [3.63, 3.8) is 0 Å². The number of carbonyl (C=O) groups is 1. The van der Waals surface area contributed by atoms with Crippen molar-refractivity contribution in [1.82, 2.24) is 14.5 Å². The van der Waals surface area contributed by atoms with Crippen LogP contribution in [0.2, 0.25) is 0 Å². The summed E-state index contributed by atoms with van der Waals surface area (Å²) >= 11 is 0. The molecular formula is C16H15N5O. The van der Waals surface area contributed by atoms with Crippen LogP contribution < -0.4 is 5.43 Å². The summed E-state index contributed by atoms with van der Waals surface area (Å²) in [6.07, 6.45) is 2.78. The molecule has 2 aromatic heterocycles. The lowest BCUT2D eigenvalue weighted by molar-refractivity contribution is 0.106. The number of aromatic nitrogens is 3. The van der Waals surface area contributed by atoms with E-state index in [-0.39, 0.29) is 5.78 Å². The lowest BCUT2D eigenvalue weighted by Gasteiger charge is -2.04. The SMILES string of the molecule is CCn1c(N/N=C/C(=O)c2ccccn2)nc2ccccc21. The first kappa shape index (κ1) is 13.9. The van der Waals surface area contributed by atoms with Gasteiger partial charge in [0.05, 0.1) is 17.2 Å². The first-order chi connectivity index (χ1) is 10.8. The maximum absolute atomic E-state index is 11.9. The van der Waals surface area contributed by atoms with Gasteiger partial charge < -0.3 is 4.57 Å². The second kappa shape index (κ2) is 6.17. The van der Waals surface area contributed by atoms with E-state index in [1.807, 2.05) is 35.8 Å². The van der Waals surface area contributed by atoms with Crippen molar-refractivity contribution in [3.05, 3.63) is 54.4 Å². The number of Topliss-reactive ketones (excluding diaryl/α,β-unsaturated/α-hetero) is 1. The number of fused-ring (bicyclic) bond motifs is 1. The highest BCUT2D eigenvalue weighted by Crippen LogP contribution is 2.19. The number of pyridine rings is 1. The van der Waals surface area contributed by atoms with Gasteiger partial charge in [0.1, 0.15) is 5.69 Å². The molecule has 0 radical (unpaired) electrons. The average Bonchev–Trinajstić information content (AvgIpc) is 2.93. The molecular weight excluding hydrogens is 278 g/mol. The molecule has 0 spiro atoms. The van der Waals surface area contributed by atoms with Crippen molar-refractivity contribution < 1.29 is 4.79 Å². The van der Waals surface area contributed by atoms with Gasteiger partial charge in [-0.1, -0.05) is 18.2 Å². The van der Waals surface area contributed by atoms with E-state index in [1.165, 1.54) is 6.21 Å². The Kier molecular flexibility index (Phi) is 3.91. The van der Waals surface area contributed by atoms with Crippen LogP contribution in [0.3, 0.4) is 0 Å². The van der Waals surface area contributed by atoms with Crippen LogP contribution in [0.4, 0.5) is 5.95 Å². The molecule has 0 saturated carbocycles. The second-order valence-electron chi connectivity index (χ2n) is 4.62. The molecule has 6 heteroatoms. The van der Waals surface area contributed by atoms with Crippen molar-refractivity contribution in [2.24, 2.45) is 5.10 Å². The smallest absolute Gasteiger partial charge is 0.224 e. The largest absolute Gasteiger partial charge is 0.309 e. The van der Waals surface area contributed by atoms with Crippen LogP contribution in [0.5, 0.6) is 0 Å². The Morgan fingerprint density at radius 3 is 2.86 bits per heavy atom. The van der Waals surface area contributed by atoms with Gasteiger partial charge in [0.15, 0.2) is 0 Å². The number of imidazole rings is 1. The summed E-state index contributed by atoms with van der Waals surface area (Å²) in [5, 5.41) is 3.97. The molecule has 0 saturated heterocycles. The Bertz CT molecular complexity index is 823. The van der Waals surface area contributed by atoms with E-state index in [2.05, 4.69) is 20.5 Å². The van der Waals surface area contributed by atoms with Gasteiger partial charge in [-0.25, -0.2) is 10.4 Å². The molecule has 0 aliphatic heterocycles. The highest BCUT2D eigenvalue weighted by molar-refractivity contribution is 6.34. The number of hydrazone groups is 1. The fraction of sp³-hybridized carbons (Fsp3) is 0.125. The molecule has 3 rings (SSSR count). The Morgan fingerprint density at radius 1 is 1.27 bits per heavy atom. The van der Waals surface area contributed by atoms with Gasteiger partial charge in [-0.05, 0) is 31.2 Å². The summed E-state index contributed by atoms with van der Waals surface area (Å²) in [5.41, 5.74) is 5.10. The van der Waals surface area contributed by atoms with E-state index < -0.39 is 0 Å². The zero-order chi connectivity index (χ0) is 15.4. The molecule has 0 atom stereocenters. The molecule has 0 unspecified atom stereocenters. The second-order valence-corrected chi connectivity index (χ2v) is 4.62. The molecule has 2 heterocycles. The minimum Gasteiger partial charge on any atom is -0.309 e. The lowest BCUT2D eigenvalue weighted by Crippen LogP contribution is -2.06. The van der Waals surface area contributed by atoms with Crippen LogP contribution in [-0.4, -0.2) is 26.5 Å². The first-order valence-corrected chi connectivity index (χ1v) is 6.99. The predicted molar refractivity (Wildman–Crippen MR) is 86.1 cm³/mol. The van der Waals surface area contributed by atoms with Crippen LogP contribution in [0.25, 0.3) is 11.0 Å². The van der Waals surface area contributed by atoms with Crippen LogP contribution in [0, 0.1) is 0 Å². The third-order valence-corrected chi connectivity index (χ3v) is 3.23. The number of ketones is 1. The number of hydrogen-bond donors (Lipinski definition) is 1. The number of hydrogen-bond acceptors (Lipinski definition) is 5. The number of para-hydroxylation sites is 2. The zero-order valence-electron chi connectivity index (χ0n) is 12.1. The number of anilines is 1. The average molecular weight is 293 g/mol. The van der Waals surface area contributed by atoms with Gasteiger partial charge in [0.2, 0.25) is 11.7 Å². The van der Waals surface area contributed by atoms with Crippen molar-refractivity contribution in [2.75, 3.05) is 5.43 Å². The van der Waals surface area contributed by atoms with E-state index >= 15 is 0 Å². The molecule has 0 aliphatic rings. The Morgan fingerprint density at radius 2 is 2.09 bits per heavy atom. The molecule has 0 fully saturated rings. The van der Waals surface area contributed by atoms with E-state index in [4.69, 9.17) is 0 Å². The number of benzene rings is 1. The van der Waals surface area contributed by atoms with Gasteiger partial charge in [-0.2, -0.15) is 5.10 Å². The Labute approximate surface area is 127 Å². The molecule has 1 aromatic carbocycles. The lowest BCUT2D eigenvalue weighted by atomic mass is 10.3. The van der Waals surface area contributed by atoms with Crippen LogP contribution in [0.15, 0.2) is 53.8 Å². The molecule has 110 valence electrons. The molecule has 22 heavy (non-hydrogen) atoms. The van der Waals surface area contributed by atoms with E-state index in [0.717, 1.165) is 17.6 Å². The Balaban J connectivity index is 1.79. The molecule has 1 N–H and O–H groups in total. The summed E-state index contributed by atoms with van der Waals surface area (Å²) < 4.78 is 2.00. The maximum atomic E-state index is 11.9. The van der Waals surface area contributed by atoms with Gasteiger partial charge in [-0.15, -0.1) is 0 Å². The zero-order valence-corrected chi connectivity index (χ0v) is 12.1. The monoisotopic (exact) mass is 293 g/mol. The summed E-state index contributed by atoms with van der Waals surface area (Å²) in [6, 6.07) is 13.0. The molecule has 0 bridgehead atoms. The van der Waals surface area contributed by atoms with Gasteiger partial charge >= 0.3 is 0 Å². The normalized spacial score (nSPS) is 11.1. The third kappa shape index (κ3) is 2.71. The van der Waals surface area contributed by atoms with E-state index in [1.54, 1.807) is 24.4 Å². The van der Waals surface area contributed by atoms with E-state index in [9.17, 15) is 4.79 Å². The third-order valence-electron chi connectivity index (χ3n) is 3.23. The maximum Gasteiger partial charge on any atom is 0.224 e. The highest BCUT2D eigenvalue weighted by atomic mass is 16.1. The van der Waals surface area contributed by atoms with Crippen LogP contribution in [-0.2, 0) is 6.54 Å². The van der Waals surface area contributed by atoms with Crippen molar-refractivity contribution >= 4 is 29.0 Å². The van der Waals surface area contributed by atoms with Crippen molar-refractivity contribution in [3.8, 4) is 0 Å². The minimum absolute atomic E-state index is 0.257. The number of carbonyl (C=O) groups excluding carboxylic acids is 1. The summed E-state index contributed by atoms with van der Waals surface area (Å²) in [7, 11) is 0. The number of rotatable bonds is 5. The fourth-order valence-corrected chi connectivity index (χ4v) is 2.20. The predicted octanol–water partition coefficient (Wildman–Crippen LogP) is 2.73. The van der Waals surface area contributed by atoms with Gasteiger partial charge in [0, 0.05) is 12.7 Å². The van der Waals surface area contributed by atoms with Gasteiger partial charge in [0.25, 0.3) is 0 Å². The minimum atomic E-state index is -0.257. The summed E-state index contributed by atoms with van der Waals surface area (Å²) in [4.78, 5) is 20.3. The molecule has 0 amide bonds. The highest BCUT2D eigenvalue weighted by Gasteiger charge is 2.08. The number of aryl methyl sites for hydroxylation is 1. The van der Waals surface area contributed by atoms with E-state index in [0.29, 0.717) is 11.6 Å². The van der Waals surface area contributed by atoms with Crippen molar-refractivity contribution in [1.29, 1.82) is 0 Å². The summed E-state index contributed by atoms with van der Waals surface area (Å²) in [5.74, 6) is 0.348. The summed E-state index contributed by atoms with van der Waals surface area (Å²) in [6.45, 7) is 2.79. The molecule has 3 aromatic rings. The molecule has 0 aliphatic carbocycles. The van der Waals surface area contributed by atoms with Crippen LogP contribution in [0.1, 0.15) is 17.4 Å². The topological polar surface area (TPSA) is 72.2 Å². The molecule has 6 nitrogen and oxygen atoms in total. The van der Waals surface area contributed by atoms with Crippen LogP contribution >= 0.6 is 0 Å². The van der Waals surface area contributed by atoms with Crippen molar-refractivity contribution in [2.45, 2.75) is 13.5 Å². The van der Waals surface area contributed by atoms with Gasteiger partial charge in [-0.3, -0.25) is 9.78 Å². The first-order valence-electron chi connectivity index (χ1n) is 6.99.